The van der Waals surface area contributed by atoms with Gasteiger partial charge in [0.25, 0.3) is 0 Å². The lowest BCUT2D eigenvalue weighted by Crippen LogP contribution is -2.36. The van der Waals surface area contributed by atoms with Crippen LogP contribution in [0.25, 0.3) is 0 Å². The quantitative estimate of drug-likeness (QED) is 0.146. The standard InChI is InChI=1S/C30H32O/c1-4-29(24-16-5-9-17-25(2)3)31-30(26-18-10-6-11-19-26,27-20-12-7-13-21-27)28-22-14-8-15-23-28/h1,6-8,10-15,17-23,29H,5,9,16,24H2,2-3H3/t29-/m1/s1. The Hall–Kier alpha value is -3.08. The Bertz CT molecular complexity index is 880. The van der Waals surface area contributed by atoms with Gasteiger partial charge in [0.2, 0.25) is 0 Å². The van der Waals surface area contributed by atoms with Gasteiger partial charge in [-0.1, -0.05) is 109 Å². The summed E-state index contributed by atoms with van der Waals surface area (Å²) in [5, 5.41) is 0. The smallest absolute Gasteiger partial charge is 0.145 e. The second-order valence-electron chi connectivity index (χ2n) is 8.12. The Morgan fingerprint density at radius 1 is 0.806 bits per heavy atom. The normalized spacial score (nSPS) is 12.0. The van der Waals surface area contributed by atoms with E-state index in [0.717, 1.165) is 42.4 Å². The van der Waals surface area contributed by atoms with Gasteiger partial charge in [-0.25, -0.2) is 0 Å². The second-order valence-corrected chi connectivity index (χ2v) is 8.12. The van der Waals surface area contributed by atoms with E-state index in [-0.39, 0.29) is 6.10 Å². The van der Waals surface area contributed by atoms with E-state index in [1.54, 1.807) is 0 Å². The minimum Gasteiger partial charge on any atom is -0.345 e. The molecule has 0 fully saturated rings. The lowest BCUT2D eigenvalue weighted by molar-refractivity contribution is -0.0239. The van der Waals surface area contributed by atoms with E-state index in [2.05, 4.69) is 98.6 Å². The third-order valence-corrected chi connectivity index (χ3v) is 5.52. The van der Waals surface area contributed by atoms with Crippen LogP contribution in [0.15, 0.2) is 103 Å². The second kappa shape index (κ2) is 11.3. The molecule has 0 aliphatic carbocycles. The van der Waals surface area contributed by atoms with Gasteiger partial charge in [-0.3, -0.25) is 0 Å². The number of hydrogen-bond acceptors (Lipinski definition) is 1. The Morgan fingerprint density at radius 3 is 1.65 bits per heavy atom. The summed E-state index contributed by atoms with van der Waals surface area (Å²) in [5.74, 6) is 2.93. The molecule has 158 valence electrons. The van der Waals surface area contributed by atoms with Gasteiger partial charge in [0.05, 0.1) is 0 Å². The first kappa shape index (κ1) is 22.6. The zero-order chi connectivity index (χ0) is 21.9. The third kappa shape index (κ3) is 5.75. The van der Waals surface area contributed by atoms with Gasteiger partial charge >= 0.3 is 0 Å². The molecule has 1 nitrogen and oxygen atoms in total. The van der Waals surface area contributed by atoms with Gasteiger partial charge in [-0.05, 0) is 56.2 Å². The lowest BCUT2D eigenvalue weighted by Gasteiger charge is -2.38. The average molecular weight is 409 g/mol. The van der Waals surface area contributed by atoms with Gasteiger partial charge < -0.3 is 4.74 Å². The minimum atomic E-state index is -0.763. The molecule has 0 saturated carbocycles. The Balaban J connectivity index is 1.99. The Labute approximate surface area is 187 Å². The summed E-state index contributed by atoms with van der Waals surface area (Å²) in [6.07, 6.45) is 12.1. The molecule has 31 heavy (non-hydrogen) atoms. The number of hydrogen-bond donors (Lipinski definition) is 0. The highest BCUT2D eigenvalue weighted by molar-refractivity contribution is 5.47. The molecule has 0 radical (unpaired) electrons. The predicted octanol–water partition coefficient (Wildman–Crippen LogP) is 7.52. The molecule has 1 heteroatoms. The molecule has 3 rings (SSSR count). The fourth-order valence-electron chi connectivity index (χ4n) is 3.98. The fraction of sp³-hybridized carbons (Fsp3) is 0.267. The van der Waals surface area contributed by atoms with Crippen molar-refractivity contribution >= 4 is 0 Å². The van der Waals surface area contributed by atoms with Gasteiger partial charge in [-0.2, -0.15) is 0 Å². The van der Waals surface area contributed by atoms with Crippen molar-refractivity contribution in [3.8, 4) is 12.3 Å². The zero-order valence-electron chi connectivity index (χ0n) is 18.6. The van der Waals surface area contributed by atoms with Crippen LogP contribution >= 0.6 is 0 Å². The molecule has 0 aliphatic rings. The topological polar surface area (TPSA) is 9.23 Å². The van der Waals surface area contributed by atoms with Gasteiger partial charge in [0.15, 0.2) is 0 Å². The molecular weight excluding hydrogens is 376 g/mol. The lowest BCUT2D eigenvalue weighted by atomic mass is 9.80. The van der Waals surface area contributed by atoms with Crippen molar-refractivity contribution in [1.29, 1.82) is 0 Å². The molecule has 0 aliphatic heterocycles. The van der Waals surface area contributed by atoms with E-state index in [1.165, 1.54) is 5.57 Å². The first-order valence-electron chi connectivity index (χ1n) is 11.1. The van der Waals surface area contributed by atoms with Crippen LogP contribution in [-0.4, -0.2) is 6.10 Å². The summed E-state index contributed by atoms with van der Waals surface area (Å²) in [7, 11) is 0. The molecule has 0 saturated heterocycles. The van der Waals surface area contributed by atoms with Crippen molar-refractivity contribution in [2.75, 3.05) is 0 Å². The van der Waals surface area contributed by atoms with Crippen LogP contribution in [0.3, 0.4) is 0 Å². The highest BCUT2D eigenvalue weighted by Crippen LogP contribution is 2.41. The molecule has 0 aromatic heterocycles. The third-order valence-electron chi connectivity index (χ3n) is 5.52. The summed E-state index contributed by atoms with van der Waals surface area (Å²) >= 11 is 0. The Kier molecular flexibility index (Phi) is 8.27. The number of allylic oxidation sites excluding steroid dienone is 2. The SMILES string of the molecule is C#C[C@H](CCCCC=C(C)C)OC(c1ccccc1)(c1ccccc1)c1ccccc1. The van der Waals surface area contributed by atoms with Crippen LogP contribution in [0, 0.1) is 12.3 Å². The molecule has 0 bridgehead atoms. The number of terminal acetylenes is 1. The van der Waals surface area contributed by atoms with Gasteiger partial charge in [0, 0.05) is 0 Å². The Morgan fingerprint density at radius 2 is 1.26 bits per heavy atom. The van der Waals surface area contributed by atoms with Crippen molar-refractivity contribution in [2.24, 2.45) is 0 Å². The highest BCUT2D eigenvalue weighted by Gasteiger charge is 2.39. The van der Waals surface area contributed by atoms with Gasteiger partial charge in [0.1, 0.15) is 11.7 Å². The molecule has 0 N–H and O–H groups in total. The van der Waals surface area contributed by atoms with Crippen LogP contribution in [0.4, 0.5) is 0 Å². The van der Waals surface area contributed by atoms with Crippen LogP contribution in [0.5, 0.6) is 0 Å². The number of ether oxygens (including phenoxy) is 1. The first-order valence-corrected chi connectivity index (χ1v) is 11.1. The summed E-state index contributed by atoms with van der Waals surface area (Å²) in [6.45, 7) is 4.28. The maximum atomic E-state index is 6.92. The summed E-state index contributed by atoms with van der Waals surface area (Å²) in [4.78, 5) is 0. The molecule has 0 spiro atoms. The van der Waals surface area contributed by atoms with Crippen molar-refractivity contribution in [3.63, 3.8) is 0 Å². The number of benzene rings is 3. The maximum Gasteiger partial charge on any atom is 0.145 e. The predicted molar refractivity (Wildman–Crippen MR) is 131 cm³/mol. The molecular formula is C30H32O. The average Bonchev–Trinajstić information content (AvgIpc) is 2.82. The highest BCUT2D eigenvalue weighted by atomic mass is 16.5. The van der Waals surface area contributed by atoms with Crippen LogP contribution in [0.2, 0.25) is 0 Å². The van der Waals surface area contributed by atoms with Crippen LogP contribution in [0.1, 0.15) is 56.2 Å². The van der Waals surface area contributed by atoms with Crippen LogP contribution in [-0.2, 0) is 10.3 Å². The number of rotatable bonds is 10. The van der Waals surface area contributed by atoms with E-state index in [4.69, 9.17) is 11.2 Å². The van der Waals surface area contributed by atoms with Crippen molar-refractivity contribution in [3.05, 3.63) is 119 Å². The summed E-state index contributed by atoms with van der Waals surface area (Å²) in [5.41, 5.74) is 3.84. The van der Waals surface area contributed by atoms with Gasteiger partial charge in [-0.15, -0.1) is 6.42 Å². The number of unbranched alkanes of at least 4 members (excludes halogenated alkanes) is 2. The summed E-state index contributed by atoms with van der Waals surface area (Å²) < 4.78 is 6.92. The van der Waals surface area contributed by atoms with E-state index in [0.29, 0.717) is 0 Å². The van der Waals surface area contributed by atoms with Crippen LogP contribution < -0.4 is 0 Å². The maximum absolute atomic E-state index is 6.92. The first-order chi connectivity index (χ1) is 15.2. The van der Waals surface area contributed by atoms with Crippen molar-refractivity contribution in [2.45, 2.75) is 51.2 Å². The molecule has 1 atom stereocenters. The minimum absolute atomic E-state index is 0.285. The molecule has 3 aromatic rings. The zero-order valence-corrected chi connectivity index (χ0v) is 18.6. The van der Waals surface area contributed by atoms with E-state index in [9.17, 15) is 0 Å². The molecule has 0 amide bonds. The van der Waals surface area contributed by atoms with E-state index < -0.39 is 5.60 Å². The molecule has 0 unspecified atom stereocenters. The summed E-state index contributed by atoms with van der Waals surface area (Å²) in [6, 6.07) is 31.2. The van der Waals surface area contributed by atoms with Crippen molar-refractivity contribution < 1.29 is 4.74 Å². The largest absolute Gasteiger partial charge is 0.345 e. The monoisotopic (exact) mass is 408 g/mol. The van der Waals surface area contributed by atoms with E-state index >= 15 is 0 Å². The molecule has 0 heterocycles. The fourth-order valence-corrected chi connectivity index (χ4v) is 3.98. The van der Waals surface area contributed by atoms with E-state index in [1.807, 2.05) is 18.2 Å². The molecule has 3 aromatic carbocycles. The van der Waals surface area contributed by atoms with Crippen molar-refractivity contribution in [1.82, 2.24) is 0 Å².